The van der Waals surface area contributed by atoms with Gasteiger partial charge in [-0.1, -0.05) is 31.5 Å². The maximum absolute atomic E-state index is 14.1. The number of benzene rings is 1. The standard InChI is InChI=1S/C15H22ClFN2/c1-10(2)7-12-9-19(11(3)8-18-12)15-13(16)5-4-6-14(15)17/h4-6,10-12,18H,7-9H2,1-3H3. The predicted molar refractivity (Wildman–Crippen MR) is 79.5 cm³/mol. The normalized spacial score (nSPS) is 24.0. The number of halogens is 2. The molecule has 1 aromatic carbocycles. The monoisotopic (exact) mass is 284 g/mol. The van der Waals surface area contributed by atoms with Crippen LogP contribution in [0.25, 0.3) is 0 Å². The van der Waals surface area contributed by atoms with Gasteiger partial charge in [0.15, 0.2) is 0 Å². The highest BCUT2D eigenvalue weighted by Gasteiger charge is 2.28. The lowest BCUT2D eigenvalue weighted by molar-refractivity contribution is 0.354. The van der Waals surface area contributed by atoms with Crippen molar-refractivity contribution in [2.75, 3.05) is 18.0 Å². The third kappa shape index (κ3) is 3.40. The molecule has 1 heterocycles. The molecule has 1 aliphatic heterocycles. The molecule has 2 nitrogen and oxygen atoms in total. The third-order valence-electron chi connectivity index (χ3n) is 3.63. The molecule has 0 bridgehead atoms. The first kappa shape index (κ1) is 14.6. The fourth-order valence-electron chi connectivity index (χ4n) is 2.73. The summed E-state index contributed by atoms with van der Waals surface area (Å²) in [6, 6.07) is 5.53. The zero-order valence-corrected chi connectivity index (χ0v) is 12.5. The Morgan fingerprint density at radius 3 is 2.84 bits per heavy atom. The molecule has 1 N–H and O–H groups in total. The fraction of sp³-hybridized carbons (Fsp3) is 0.600. The van der Waals surface area contributed by atoms with E-state index >= 15 is 0 Å². The van der Waals surface area contributed by atoms with E-state index in [2.05, 4.69) is 31.0 Å². The molecule has 0 aliphatic carbocycles. The summed E-state index contributed by atoms with van der Waals surface area (Å²) < 4.78 is 14.1. The number of nitrogens with one attached hydrogen (secondary N) is 1. The number of hydrogen-bond acceptors (Lipinski definition) is 2. The van der Waals surface area contributed by atoms with Crippen LogP contribution in [0.3, 0.4) is 0 Å². The summed E-state index contributed by atoms with van der Waals surface area (Å²) in [5.41, 5.74) is 0.548. The van der Waals surface area contributed by atoms with Gasteiger partial charge < -0.3 is 10.2 Å². The molecule has 1 aliphatic rings. The van der Waals surface area contributed by atoms with E-state index in [4.69, 9.17) is 11.6 Å². The van der Waals surface area contributed by atoms with Crippen molar-refractivity contribution in [1.29, 1.82) is 0 Å². The zero-order valence-electron chi connectivity index (χ0n) is 11.8. The summed E-state index contributed by atoms with van der Waals surface area (Å²) in [6.45, 7) is 8.18. The summed E-state index contributed by atoms with van der Waals surface area (Å²) in [6.07, 6.45) is 1.09. The van der Waals surface area contributed by atoms with Gasteiger partial charge in [0, 0.05) is 25.2 Å². The molecule has 2 atom stereocenters. The van der Waals surface area contributed by atoms with Gasteiger partial charge in [-0.25, -0.2) is 4.39 Å². The Morgan fingerprint density at radius 2 is 2.21 bits per heavy atom. The second-order valence-electron chi connectivity index (χ2n) is 5.81. The Morgan fingerprint density at radius 1 is 1.47 bits per heavy atom. The molecular formula is C15H22ClFN2. The van der Waals surface area contributed by atoms with Crippen molar-refractivity contribution in [1.82, 2.24) is 5.32 Å². The molecule has 1 saturated heterocycles. The minimum absolute atomic E-state index is 0.232. The van der Waals surface area contributed by atoms with E-state index in [1.165, 1.54) is 6.07 Å². The van der Waals surface area contributed by atoms with Crippen LogP contribution in [0.1, 0.15) is 27.2 Å². The van der Waals surface area contributed by atoms with Gasteiger partial charge in [-0.3, -0.25) is 0 Å². The number of hydrogen-bond donors (Lipinski definition) is 1. The fourth-order valence-corrected chi connectivity index (χ4v) is 3.00. The molecule has 1 fully saturated rings. The number of anilines is 1. The average molecular weight is 285 g/mol. The molecule has 106 valence electrons. The van der Waals surface area contributed by atoms with Crippen LogP contribution in [-0.4, -0.2) is 25.2 Å². The lowest BCUT2D eigenvalue weighted by Crippen LogP contribution is -2.56. The van der Waals surface area contributed by atoms with Gasteiger partial charge in [-0.2, -0.15) is 0 Å². The van der Waals surface area contributed by atoms with Gasteiger partial charge in [0.1, 0.15) is 5.82 Å². The predicted octanol–water partition coefficient (Wildman–Crippen LogP) is 3.69. The lowest BCUT2D eigenvalue weighted by atomic mass is 9.99. The number of para-hydroxylation sites is 1. The van der Waals surface area contributed by atoms with Gasteiger partial charge >= 0.3 is 0 Å². The van der Waals surface area contributed by atoms with Gasteiger partial charge in [-0.15, -0.1) is 0 Å². The van der Waals surface area contributed by atoms with Crippen molar-refractivity contribution >= 4 is 17.3 Å². The van der Waals surface area contributed by atoms with E-state index in [1.807, 2.05) is 0 Å². The first-order valence-corrected chi connectivity index (χ1v) is 7.31. The Hall–Kier alpha value is -0.800. The smallest absolute Gasteiger partial charge is 0.148 e. The van der Waals surface area contributed by atoms with Crippen molar-refractivity contribution in [3.05, 3.63) is 29.0 Å². The van der Waals surface area contributed by atoms with E-state index in [-0.39, 0.29) is 11.9 Å². The Bertz CT molecular complexity index is 416. The van der Waals surface area contributed by atoms with E-state index < -0.39 is 0 Å². The van der Waals surface area contributed by atoms with Crippen molar-refractivity contribution in [2.45, 2.75) is 39.3 Å². The summed E-state index contributed by atoms with van der Waals surface area (Å²) in [7, 11) is 0. The van der Waals surface area contributed by atoms with Crippen molar-refractivity contribution in [3.8, 4) is 0 Å². The maximum atomic E-state index is 14.1. The van der Waals surface area contributed by atoms with E-state index in [9.17, 15) is 4.39 Å². The SMILES string of the molecule is CC(C)CC1CN(c2c(F)cccc2Cl)C(C)CN1. The molecule has 2 unspecified atom stereocenters. The Labute approximate surface area is 119 Å². The lowest BCUT2D eigenvalue weighted by Gasteiger charge is -2.41. The maximum Gasteiger partial charge on any atom is 0.148 e. The first-order valence-electron chi connectivity index (χ1n) is 6.93. The summed E-state index contributed by atoms with van der Waals surface area (Å²) in [5.74, 6) is 0.397. The van der Waals surface area contributed by atoms with Crippen LogP contribution in [-0.2, 0) is 0 Å². The van der Waals surface area contributed by atoms with Crippen LogP contribution in [0.5, 0.6) is 0 Å². The van der Waals surface area contributed by atoms with E-state index in [0.717, 1.165) is 19.5 Å². The van der Waals surface area contributed by atoms with Gasteiger partial charge in [0.25, 0.3) is 0 Å². The second kappa shape index (κ2) is 6.10. The Balaban J connectivity index is 2.21. The molecule has 4 heteroatoms. The molecule has 0 radical (unpaired) electrons. The average Bonchev–Trinajstić information content (AvgIpc) is 2.32. The summed E-state index contributed by atoms with van der Waals surface area (Å²) >= 11 is 6.18. The highest BCUT2D eigenvalue weighted by Crippen LogP contribution is 2.31. The van der Waals surface area contributed by atoms with Crippen LogP contribution in [0.4, 0.5) is 10.1 Å². The highest BCUT2D eigenvalue weighted by molar-refractivity contribution is 6.33. The molecular weight excluding hydrogens is 263 g/mol. The van der Waals surface area contributed by atoms with Crippen LogP contribution in [0.15, 0.2) is 18.2 Å². The number of rotatable bonds is 3. The van der Waals surface area contributed by atoms with E-state index in [1.54, 1.807) is 12.1 Å². The van der Waals surface area contributed by atoms with Crippen molar-refractivity contribution in [2.24, 2.45) is 5.92 Å². The van der Waals surface area contributed by atoms with E-state index in [0.29, 0.717) is 22.7 Å². The summed E-state index contributed by atoms with van der Waals surface area (Å²) in [5, 5.41) is 4.03. The topological polar surface area (TPSA) is 15.3 Å². The minimum Gasteiger partial charge on any atom is -0.362 e. The van der Waals surface area contributed by atoms with Gasteiger partial charge in [-0.05, 0) is 31.4 Å². The molecule has 1 aromatic rings. The largest absolute Gasteiger partial charge is 0.362 e. The number of piperazine rings is 1. The molecule has 0 saturated carbocycles. The molecule has 19 heavy (non-hydrogen) atoms. The van der Waals surface area contributed by atoms with Crippen LogP contribution < -0.4 is 10.2 Å². The van der Waals surface area contributed by atoms with Crippen molar-refractivity contribution in [3.63, 3.8) is 0 Å². The molecule has 0 spiro atoms. The zero-order chi connectivity index (χ0) is 14.0. The first-order chi connectivity index (χ1) is 8.99. The number of nitrogens with zero attached hydrogens (tertiary/aromatic N) is 1. The minimum atomic E-state index is -0.232. The van der Waals surface area contributed by atoms with Crippen molar-refractivity contribution < 1.29 is 4.39 Å². The van der Waals surface area contributed by atoms with Crippen LogP contribution >= 0.6 is 11.6 Å². The third-order valence-corrected chi connectivity index (χ3v) is 3.94. The summed E-state index contributed by atoms with van der Waals surface area (Å²) in [4.78, 5) is 2.10. The molecule has 0 amide bonds. The Kier molecular flexibility index (Phi) is 4.69. The van der Waals surface area contributed by atoms with Gasteiger partial charge in [0.05, 0.1) is 10.7 Å². The highest BCUT2D eigenvalue weighted by atomic mass is 35.5. The molecule has 0 aromatic heterocycles. The van der Waals surface area contributed by atoms with Gasteiger partial charge in [0.2, 0.25) is 0 Å². The molecule has 2 rings (SSSR count). The quantitative estimate of drug-likeness (QED) is 0.911. The second-order valence-corrected chi connectivity index (χ2v) is 6.21. The van der Waals surface area contributed by atoms with Crippen LogP contribution in [0.2, 0.25) is 5.02 Å². The van der Waals surface area contributed by atoms with Crippen LogP contribution in [0, 0.1) is 11.7 Å².